The van der Waals surface area contributed by atoms with Crippen LogP contribution < -0.4 is 9.80 Å². The predicted molar refractivity (Wildman–Crippen MR) is 323 cm³/mol. The van der Waals surface area contributed by atoms with Crippen molar-refractivity contribution in [2.45, 2.75) is 13.8 Å². The molecule has 76 heavy (non-hydrogen) atoms. The highest BCUT2D eigenvalue weighted by atomic mass is 15.1. The van der Waals surface area contributed by atoms with Crippen molar-refractivity contribution >= 4 is 34.1 Å². The molecule has 0 N–H and O–H groups in total. The van der Waals surface area contributed by atoms with Crippen molar-refractivity contribution in [3.63, 3.8) is 0 Å². The molecule has 362 valence electrons. The van der Waals surface area contributed by atoms with Crippen LogP contribution in [0.3, 0.4) is 0 Å². The van der Waals surface area contributed by atoms with E-state index in [0.717, 1.165) is 34.1 Å². The quantitative estimate of drug-likeness (QED) is 0.114. The highest BCUT2D eigenvalue weighted by Crippen LogP contribution is 2.45. The van der Waals surface area contributed by atoms with Crippen molar-refractivity contribution in [1.82, 2.24) is 0 Å². The van der Waals surface area contributed by atoms with Crippen LogP contribution in [0.2, 0.25) is 0 Å². The van der Waals surface area contributed by atoms with Gasteiger partial charge in [0, 0.05) is 33.9 Å². The van der Waals surface area contributed by atoms with Crippen LogP contribution in [0, 0.1) is 13.8 Å². The van der Waals surface area contributed by atoms with Gasteiger partial charge < -0.3 is 9.80 Å². The van der Waals surface area contributed by atoms with E-state index in [1.807, 2.05) is 0 Å². The van der Waals surface area contributed by atoms with Crippen molar-refractivity contribution in [2.75, 3.05) is 9.80 Å². The maximum absolute atomic E-state index is 2.41. The first-order valence-corrected chi connectivity index (χ1v) is 26.2. The molecule has 2 nitrogen and oxygen atoms in total. The molecule has 0 aliphatic carbocycles. The topological polar surface area (TPSA) is 6.48 Å². The van der Waals surface area contributed by atoms with Gasteiger partial charge in [0.15, 0.2) is 0 Å². The van der Waals surface area contributed by atoms with Gasteiger partial charge in [0.1, 0.15) is 0 Å². The number of hydrogen-bond acceptors (Lipinski definition) is 2. The summed E-state index contributed by atoms with van der Waals surface area (Å²) in [6.07, 6.45) is 0. The number of aryl methyl sites for hydroxylation is 2. The molecule has 0 aromatic heterocycles. The van der Waals surface area contributed by atoms with E-state index in [4.69, 9.17) is 0 Å². The van der Waals surface area contributed by atoms with Gasteiger partial charge in [0.25, 0.3) is 0 Å². The second kappa shape index (κ2) is 21.4. The summed E-state index contributed by atoms with van der Waals surface area (Å²) in [6, 6.07) is 110. The number of para-hydroxylation sites is 2. The van der Waals surface area contributed by atoms with E-state index in [-0.39, 0.29) is 0 Å². The molecule has 0 heterocycles. The van der Waals surface area contributed by atoms with Crippen LogP contribution in [0.15, 0.2) is 303 Å². The van der Waals surface area contributed by atoms with E-state index >= 15 is 0 Å². The van der Waals surface area contributed by atoms with Crippen LogP contribution in [-0.4, -0.2) is 0 Å². The van der Waals surface area contributed by atoms with E-state index in [0.29, 0.717) is 0 Å². The van der Waals surface area contributed by atoms with Gasteiger partial charge in [-0.25, -0.2) is 0 Å². The summed E-state index contributed by atoms with van der Waals surface area (Å²) in [5.74, 6) is 0. The molecule has 0 aliphatic rings. The van der Waals surface area contributed by atoms with Gasteiger partial charge in [-0.2, -0.15) is 0 Å². The highest BCUT2D eigenvalue weighted by molar-refractivity contribution is 5.92. The van der Waals surface area contributed by atoms with E-state index in [1.165, 1.54) is 89.0 Å². The average Bonchev–Trinajstić information content (AvgIpc) is 3.51. The summed E-state index contributed by atoms with van der Waals surface area (Å²) in [4.78, 5) is 4.82. The number of nitrogens with zero attached hydrogens (tertiary/aromatic N) is 2. The second-order valence-corrected chi connectivity index (χ2v) is 19.4. The molecule has 0 saturated heterocycles. The van der Waals surface area contributed by atoms with Gasteiger partial charge in [0.2, 0.25) is 0 Å². The summed E-state index contributed by atoms with van der Waals surface area (Å²) >= 11 is 0. The maximum Gasteiger partial charge on any atom is 0.0540 e. The Labute approximate surface area is 447 Å². The molecule has 0 spiro atoms. The normalized spacial score (nSPS) is 11.0. The maximum atomic E-state index is 2.41. The second-order valence-electron chi connectivity index (χ2n) is 19.4. The molecule has 0 unspecified atom stereocenters. The molecule has 12 aromatic rings. The molecule has 0 saturated carbocycles. The standard InChI is InChI=1S/C74H56N2/c1-53-49-67(75(73-35-17-15-33-71(73)59-25-11-5-12-26-59)65-41-37-57(38-42-65)63-31-19-29-61(51-63)55-21-7-3-8-22-55)45-47-69(53)70-48-46-68(50-54(70)2)76(74-36-18-16-34-72(74)60-27-13-6-14-28-60)66-43-39-58(40-44-66)64-32-20-30-62(52-64)56-23-9-4-10-24-56/h3-52H,1-2H3. The molecule has 0 bridgehead atoms. The fourth-order valence-electron chi connectivity index (χ4n) is 10.7. The lowest BCUT2D eigenvalue weighted by molar-refractivity contribution is 1.26. The Morgan fingerprint density at radius 1 is 0.184 bits per heavy atom. The lowest BCUT2D eigenvalue weighted by atomic mass is 9.94. The lowest BCUT2D eigenvalue weighted by Gasteiger charge is -2.29. The van der Waals surface area contributed by atoms with Gasteiger partial charge in [-0.05, 0) is 165 Å². The summed E-state index contributed by atoms with van der Waals surface area (Å²) in [7, 11) is 0. The number of benzene rings is 12. The molecular formula is C74H56N2. The Balaban J connectivity index is 0.910. The van der Waals surface area contributed by atoms with E-state index in [1.54, 1.807) is 0 Å². The summed E-state index contributed by atoms with van der Waals surface area (Å²) in [5.41, 5.74) is 25.6. The van der Waals surface area contributed by atoms with E-state index in [2.05, 4.69) is 327 Å². The van der Waals surface area contributed by atoms with E-state index < -0.39 is 0 Å². The number of rotatable bonds is 13. The Morgan fingerprint density at radius 3 is 0.803 bits per heavy atom. The van der Waals surface area contributed by atoms with Gasteiger partial charge in [0.05, 0.1) is 11.4 Å². The molecule has 12 rings (SSSR count). The molecular weight excluding hydrogens is 917 g/mol. The van der Waals surface area contributed by atoms with Crippen molar-refractivity contribution in [2.24, 2.45) is 0 Å². The largest absolute Gasteiger partial charge is 0.310 e. The highest BCUT2D eigenvalue weighted by Gasteiger charge is 2.21. The summed E-state index contributed by atoms with van der Waals surface area (Å²) < 4.78 is 0. The van der Waals surface area contributed by atoms with Crippen LogP contribution in [0.5, 0.6) is 0 Å². The third-order valence-corrected chi connectivity index (χ3v) is 14.5. The molecule has 0 fully saturated rings. The zero-order valence-corrected chi connectivity index (χ0v) is 42.8. The zero-order chi connectivity index (χ0) is 51.2. The monoisotopic (exact) mass is 972 g/mol. The van der Waals surface area contributed by atoms with E-state index in [9.17, 15) is 0 Å². The van der Waals surface area contributed by atoms with Crippen LogP contribution in [0.4, 0.5) is 34.1 Å². The van der Waals surface area contributed by atoms with Gasteiger partial charge in [-0.15, -0.1) is 0 Å². The van der Waals surface area contributed by atoms with Gasteiger partial charge in [-0.1, -0.05) is 231 Å². The molecule has 0 atom stereocenters. The third kappa shape index (κ3) is 9.76. The van der Waals surface area contributed by atoms with Crippen LogP contribution in [0.25, 0.3) is 77.9 Å². The van der Waals surface area contributed by atoms with Crippen molar-refractivity contribution in [3.8, 4) is 77.9 Å². The van der Waals surface area contributed by atoms with Crippen LogP contribution in [-0.2, 0) is 0 Å². The number of hydrogen-bond donors (Lipinski definition) is 0. The minimum atomic E-state index is 1.09. The first-order chi connectivity index (χ1) is 37.5. The minimum absolute atomic E-state index is 1.09. The zero-order valence-electron chi connectivity index (χ0n) is 42.8. The van der Waals surface area contributed by atoms with Gasteiger partial charge >= 0.3 is 0 Å². The first-order valence-electron chi connectivity index (χ1n) is 26.2. The molecule has 0 aliphatic heterocycles. The molecule has 0 amide bonds. The number of anilines is 6. The third-order valence-electron chi connectivity index (χ3n) is 14.5. The van der Waals surface area contributed by atoms with Crippen molar-refractivity contribution < 1.29 is 0 Å². The molecule has 0 radical (unpaired) electrons. The fourth-order valence-corrected chi connectivity index (χ4v) is 10.7. The molecule has 2 heteroatoms. The smallest absolute Gasteiger partial charge is 0.0540 e. The fraction of sp³-hybridized carbons (Fsp3) is 0.0270. The van der Waals surface area contributed by atoms with Crippen LogP contribution >= 0.6 is 0 Å². The average molecular weight is 973 g/mol. The summed E-state index contributed by atoms with van der Waals surface area (Å²) in [6.45, 7) is 4.49. The predicted octanol–water partition coefficient (Wildman–Crippen LogP) is 20.9. The van der Waals surface area contributed by atoms with Gasteiger partial charge in [-0.3, -0.25) is 0 Å². The Hall–Kier alpha value is -9.76. The lowest BCUT2D eigenvalue weighted by Crippen LogP contribution is -2.12. The van der Waals surface area contributed by atoms with Crippen molar-refractivity contribution in [3.05, 3.63) is 314 Å². The first kappa shape index (κ1) is 47.3. The molecule has 12 aromatic carbocycles. The Bertz CT molecular complexity index is 3660. The Kier molecular flexibility index (Phi) is 13.3. The SMILES string of the molecule is Cc1cc(N(c2ccc(-c3cccc(-c4ccccc4)c3)cc2)c2ccccc2-c2ccccc2)ccc1-c1ccc(N(c2ccc(-c3cccc(-c4ccccc4)c3)cc2)c2ccccc2-c2ccccc2)cc1C. The van der Waals surface area contributed by atoms with Crippen LogP contribution in [0.1, 0.15) is 11.1 Å². The minimum Gasteiger partial charge on any atom is -0.310 e. The summed E-state index contributed by atoms with van der Waals surface area (Å²) in [5, 5.41) is 0. The Morgan fingerprint density at radius 2 is 0.461 bits per heavy atom. The van der Waals surface area contributed by atoms with Crippen molar-refractivity contribution in [1.29, 1.82) is 0 Å².